The molecule has 2 aromatic carbocycles. The van der Waals surface area contributed by atoms with Crippen LogP contribution >= 0.6 is 0 Å². The highest BCUT2D eigenvalue weighted by molar-refractivity contribution is 7.90. The Labute approximate surface area is 282 Å². The summed E-state index contributed by atoms with van der Waals surface area (Å²) in [6.07, 6.45) is -2.17. The van der Waals surface area contributed by atoms with E-state index in [9.17, 15) is 28.1 Å². The highest BCUT2D eigenvalue weighted by atomic mass is 32.2. The van der Waals surface area contributed by atoms with Crippen LogP contribution in [0.15, 0.2) is 46.3 Å². The fraction of sp³-hybridized carbons (Fsp3) is 0.452. The second kappa shape index (κ2) is 16.0. The lowest BCUT2D eigenvalue weighted by Gasteiger charge is -2.26. The monoisotopic (exact) mass is 712 g/mol. The fourth-order valence-electron chi connectivity index (χ4n) is 3.92. The summed E-state index contributed by atoms with van der Waals surface area (Å²) in [6, 6.07) is 8.41. The van der Waals surface area contributed by atoms with Crippen LogP contribution in [0.3, 0.4) is 0 Å². The number of nitrogens with one attached hydrogen (secondary N) is 2. The number of sulfone groups is 1. The van der Waals surface area contributed by atoms with Gasteiger partial charge in [0.2, 0.25) is 11.9 Å². The smallest absolute Gasteiger partial charge is 0.442 e. The molecule has 49 heavy (non-hydrogen) atoms. The van der Waals surface area contributed by atoms with Crippen molar-refractivity contribution in [3.63, 3.8) is 0 Å². The van der Waals surface area contributed by atoms with Crippen LogP contribution in [0.5, 0.6) is 0 Å². The fourth-order valence-corrected chi connectivity index (χ4v) is 4.86. The largest absolute Gasteiger partial charge is 0.442 e. The first-order valence-corrected chi connectivity index (χ1v) is 16.5. The first-order chi connectivity index (χ1) is 22.4. The van der Waals surface area contributed by atoms with Gasteiger partial charge < -0.3 is 25.8 Å². The molecule has 0 spiro atoms. The maximum absolute atomic E-state index is 15.5. The second-order valence-electron chi connectivity index (χ2n) is 12.5. The van der Waals surface area contributed by atoms with E-state index in [0.717, 1.165) is 30.5 Å². The van der Waals surface area contributed by atoms with Gasteiger partial charge >= 0.3 is 12.2 Å². The summed E-state index contributed by atoms with van der Waals surface area (Å²) >= 11 is 0. The molecule has 0 aliphatic carbocycles. The molecule has 0 atom stereocenters. The zero-order chi connectivity index (χ0) is 37.4. The molecule has 0 aliphatic rings. The number of benzene rings is 2. The first-order valence-electron chi connectivity index (χ1n) is 14.6. The third-order valence-corrected chi connectivity index (χ3v) is 7.05. The minimum absolute atomic E-state index is 0.245. The van der Waals surface area contributed by atoms with Gasteiger partial charge in [-0.3, -0.25) is 9.63 Å². The van der Waals surface area contributed by atoms with E-state index in [-0.39, 0.29) is 12.1 Å². The number of hydroxylamine groups is 2. The third kappa shape index (κ3) is 12.6. The van der Waals surface area contributed by atoms with Crippen LogP contribution < -0.4 is 16.4 Å². The summed E-state index contributed by atoms with van der Waals surface area (Å²) in [6.45, 7) is 7.50. The number of alkyl halides is 2. The molecule has 3 amide bonds. The number of hydrogen-bond acceptors (Lipinski definition) is 10. The van der Waals surface area contributed by atoms with Crippen LogP contribution in [0.1, 0.15) is 58.2 Å². The van der Waals surface area contributed by atoms with Crippen LogP contribution in [0.25, 0.3) is 0 Å². The number of carbonyl (C=O) groups is 3. The van der Waals surface area contributed by atoms with E-state index in [2.05, 4.69) is 15.6 Å². The van der Waals surface area contributed by atoms with Gasteiger partial charge in [-0.2, -0.15) is 14.0 Å². The maximum Gasteiger partial charge on any atom is 0.442 e. The Morgan fingerprint density at radius 3 is 2.20 bits per heavy atom. The van der Waals surface area contributed by atoms with Crippen molar-refractivity contribution in [2.24, 2.45) is 10.7 Å². The number of carbonyl (C=O) groups excluding carboxylic acids is 3. The molecule has 0 saturated heterocycles. The molecular formula is C31H39F3N6O8S. The number of nitriles is 1. The minimum Gasteiger partial charge on any atom is -0.442 e. The van der Waals surface area contributed by atoms with Crippen molar-refractivity contribution >= 4 is 39.6 Å². The van der Waals surface area contributed by atoms with Gasteiger partial charge in [-0.1, -0.05) is 18.2 Å². The van der Waals surface area contributed by atoms with Gasteiger partial charge in [-0.05, 0) is 59.7 Å². The van der Waals surface area contributed by atoms with E-state index in [0.29, 0.717) is 5.06 Å². The van der Waals surface area contributed by atoms with Crippen molar-refractivity contribution in [1.29, 1.82) is 5.26 Å². The predicted octanol–water partition coefficient (Wildman–Crippen LogP) is 4.38. The Hall–Kier alpha value is -4.89. The van der Waals surface area contributed by atoms with E-state index < -0.39 is 98.1 Å². The lowest BCUT2D eigenvalue weighted by molar-refractivity contribution is -0.122. The molecule has 0 heterocycles. The van der Waals surface area contributed by atoms with Gasteiger partial charge in [-0.15, -0.1) is 10.1 Å². The van der Waals surface area contributed by atoms with Crippen LogP contribution in [-0.2, 0) is 41.3 Å². The molecule has 4 N–H and O–H groups in total. The number of halogens is 3. The number of nitrogens with zero attached hydrogens (tertiary/aromatic N) is 3. The van der Waals surface area contributed by atoms with Crippen LogP contribution in [0.2, 0.25) is 0 Å². The van der Waals surface area contributed by atoms with Crippen molar-refractivity contribution in [3.05, 3.63) is 58.9 Å². The molecule has 0 aromatic heterocycles. The molecule has 0 aliphatic heterocycles. The highest BCUT2D eigenvalue weighted by Gasteiger charge is 2.36. The summed E-state index contributed by atoms with van der Waals surface area (Å²) in [5, 5.41) is 14.5. The van der Waals surface area contributed by atoms with Gasteiger partial charge in [0.1, 0.15) is 11.2 Å². The Morgan fingerprint density at radius 1 is 1.02 bits per heavy atom. The molecule has 268 valence electrons. The summed E-state index contributed by atoms with van der Waals surface area (Å²) in [5.74, 6) is -6.46. The van der Waals surface area contributed by atoms with Crippen LogP contribution in [0.4, 0.5) is 28.4 Å². The molecular weight excluding hydrogens is 673 g/mol. The van der Waals surface area contributed by atoms with Crippen LogP contribution in [-0.4, -0.2) is 74.7 Å². The van der Waals surface area contributed by atoms with Crippen molar-refractivity contribution in [1.82, 2.24) is 10.4 Å². The maximum atomic E-state index is 15.5. The Kier molecular flexibility index (Phi) is 13.2. The zero-order valence-electron chi connectivity index (χ0n) is 28.0. The number of aliphatic imine (C=N–C) groups is 1. The van der Waals surface area contributed by atoms with Gasteiger partial charge in [0, 0.05) is 23.9 Å². The number of anilines is 1. The summed E-state index contributed by atoms with van der Waals surface area (Å²) in [4.78, 5) is 45.6. The van der Waals surface area contributed by atoms with E-state index in [1.165, 1.54) is 12.1 Å². The minimum atomic E-state index is -4.01. The number of amides is 3. The molecule has 2 rings (SSSR count). The van der Waals surface area contributed by atoms with Crippen molar-refractivity contribution in [2.75, 3.05) is 31.3 Å². The number of nitrogens with two attached hydrogens (primary N) is 1. The molecule has 0 unspecified atom stereocenters. The van der Waals surface area contributed by atoms with E-state index in [1.54, 1.807) is 47.6 Å². The first kappa shape index (κ1) is 40.3. The molecule has 0 bridgehead atoms. The lowest BCUT2D eigenvalue weighted by Crippen LogP contribution is -2.46. The number of ether oxygens (including phenoxy) is 2. The number of hydrogen-bond donors (Lipinski definition) is 3. The standard InChI is InChI=1S/C31H39F3N6O8S/c1-29(2,3)47-27(42)39-26(36)40(28(43)48-30(4,5)6)46-15-14-37-24(41)16-20-19(17-35)12-13-22(25(20)32)38-18-31(33,34)21-10-8-9-11-23(21)49(7,44)45/h8-13,38H,14-16,18H2,1-7H3,(H,37,41)(H2,36,39,42). The normalized spacial score (nSPS) is 12.5. The predicted molar refractivity (Wildman–Crippen MR) is 172 cm³/mol. The van der Waals surface area contributed by atoms with Gasteiger partial charge in [0.15, 0.2) is 15.7 Å². The topological polar surface area (TPSA) is 203 Å². The molecule has 0 fully saturated rings. The van der Waals surface area contributed by atoms with Gasteiger partial charge in [-0.25, -0.2) is 22.4 Å². The SMILES string of the molecule is CC(C)(C)OC(=O)/N=C(\N)N(OCCNC(=O)Cc1c(C#N)ccc(NCC(F)(F)c2ccccc2S(C)(=O)=O)c1F)C(=O)OC(C)(C)C. The van der Waals surface area contributed by atoms with Crippen LogP contribution in [0, 0.1) is 17.1 Å². The Bertz CT molecular complexity index is 1730. The summed E-state index contributed by atoms with van der Waals surface area (Å²) < 4.78 is 80.0. The zero-order valence-corrected chi connectivity index (χ0v) is 28.8. The summed E-state index contributed by atoms with van der Waals surface area (Å²) in [7, 11) is -4.01. The molecule has 18 heteroatoms. The van der Waals surface area contributed by atoms with Crippen molar-refractivity contribution in [3.8, 4) is 6.07 Å². The molecule has 2 aromatic rings. The Morgan fingerprint density at radius 2 is 1.63 bits per heavy atom. The number of guanidine groups is 1. The second-order valence-corrected chi connectivity index (χ2v) is 14.5. The Balaban J connectivity index is 2.14. The van der Waals surface area contributed by atoms with Gasteiger partial charge in [0.25, 0.3) is 5.92 Å². The van der Waals surface area contributed by atoms with E-state index in [4.69, 9.17) is 20.0 Å². The number of rotatable bonds is 11. The molecule has 14 nitrogen and oxygen atoms in total. The van der Waals surface area contributed by atoms with Crippen molar-refractivity contribution < 1.29 is 50.3 Å². The lowest BCUT2D eigenvalue weighted by atomic mass is 10.0. The van der Waals surface area contributed by atoms with E-state index >= 15 is 13.2 Å². The quantitative estimate of drug-likeness (QED) is 0.129. The summed E-state index contributed by atoms with van der Waals surface area (Å²) in [5.41, 5.74) is 1.97. The molecule has 0 radical (unpaired) electrons. The van der Waals surface area contributed by atoms with Crippen molar-refractivity contribution in [2.45, 2.75) is 70.0 Å². The van der Waals surface area contributed by atoms with Gasteiger partial charge in [0.05, 0.1) is 41.8 Å². The average Bonchev–Trinajstić information content (AvgIpc) is 2.95. The molecule has 0 saturated carbocycles. The average molecular weight is 713 g/mol. The highest BCUT2D eigenvalue weighted by Crippen LogP contribution is 2.34. The van der Waals surface area contributed by atoms with E-state index in [1.807, 2.05) is 0 Å². The third-order valence-electron chi connectivity index (χ3n) is 5.89.